The van der Waals surface area contributed by atoms with Gasteiger partial charge in [-0.2, -0.15) is 0 Å². The molecule has 3 nitrogen and oxygen atoms in total. The highest BCUT2D eigenvalue weighted by Gasteiger charge is 2.07. The Bertz CT molecular complexity index is 695. The van der Waals surface area contributed by atoms with Gasteiger partial charge in [0.1, 0.15) is 18.9 Å². The molecule has 0 saturated heterocycles. The van der Waals surface area contributed by atoms with E-state index in [9.17, 15) is 0 Å². The van der Waals surface area contributed by atoms with Crippen LogP contribution in [0.25, 0.3) is 10.9 Å². The number of benzene rings is 1. The van der Waals surface area contributed by atoms with Gasteiger partial charge in [-0.05, 0) is 12.5 Å². The van der Waals surface area contributed by atoms with E-state index >= 15 is 0 Å². The Balaban J connectivity index is 1.84. The number of rotatable bonds is 5. The maximum atomic E-state index is 4.51. The van der Waals surface area contributed by atoms with Gasteiger partial charge in [-0.25, -0.2) is 9.13 Å². The quantitative estimate of drug-likeness (QED) is 0.650. The van der Waals surface area contributed by atoms with Crippen molar-refractivity contribution in [2.75, 3.05) is 0 Å². The Labute approximate surface area is 119 Å². The summed E-state index contributed by atoms with van der Waals surface area (Å²) >= 11 is 0. The van der Waals surface area contributed by atoms with Crippen molar-refractivity contribution in [1.82, 2.24) is 9.55 Å². The van der Waals surface area contributed by atoms with Crippen LogP contribution in [0.4, 0.5) is 0 Å². The molecule has 102 valence electrons. The Hall–Kier alpha value is -2.16. The minimum Gasteiger partial charge on any atom is -0.256 e. The topological polar surface area (TPSA) is 21.7 Å². The van der Waals surface area contributed by atoms with Gasteiger partial charge in [0, 0.05) is 17.1 Å². The number of hydrogen-bond donors (Lipinski definition) is 0. The molecule has 0 spiro atoms. The average Bonchev–Trinajstić information content (AvgIpc) is 2.93. The van der Waals surface area contributed by atoms with Crippen LogP contribution in [-0.2, 0) is 13.1 Å². The van der Waals surface area contributed by atoms with Crippen molar-refractivity contribution in [3.05, 3.63) is 60.8 Å². The van der Waals surface area contributed by atoms with E-state index in [-0.39, 0.29) is 0 Å². The number of unbranched alkanes of at least 4 members (excludes halogenated alkanes) is 1. The molecule has 0 N–H and O–H groups in total. The lowest BCUT2D eigenvalue weighted by Crippen LogP contribution is -2.31. The fraction of sp³-hybridized carbons (Fsp3) is 0.294. The van der Waals surface area contributed by atoms with E-state index < -0.39 is 0 Å². The fourth-order valence-electron chi connectivity index (χ4n) is 2.50. The second-order valence-corrected chi connectivity index (χ2v) is 5.17. The minimum absolute atomic E-state index is 0.869. The van der Waals surface area contributed by atoms with Crippen molar-refractivity contribution in [2.45, 2.75) is 32.9 Å². The summed E-state index contributed by atoms with van der Waals surface area (Å²) in [6.45, 7) is 4.18. The van der Waals surface area contributed by atoms with Gasteiger partial charge in [0.05, 0.1) is 12.1 Å². The molecule has 0 aliphatic heterocycles. The van der Waals surface area contributed by atoms with E-state index in [0.717, 1.165) is 18.6 Å². The Kier molecular flexibility index (Phi) is 3.77. The number of fused-ring (bicyclic) bond motifs is 1. The van der Waals surface area contributed by atoms with Gasteiger partial charge in [0.25, 0.3) is 0 Å². The normalized spacial score (nSPS) is 11.1. The van der Waals surface area contributed by atoms with Crippen molar-refractivity contribution in [1.29, 1.82) is 0 Å². The monoisotopic (exact) mass is 266 g/mol. The SMILES string of the molecule is CCCCn1cc[n+](Cc2cccc3cccnc23)c1. The number of aromatic nitrogens is 3. The minimum atomic E-state index is 0.869. The molecule has 0 aliphatic rings. The Morgan fingerprint density at radius 2 is 2.10 bits per heavy atom. The van der Waals surface area contributed by atoms with E-state index in [2.05, 4.69) is 64.0 Å². The molecule has 0 unspecified atom stereocenters. The second-order valence-electron chi connectivity index (χ2n) is 5.17. The summed E-state index contributed by atoms with van der Waals surface area (Å²) in [5.74, 6) is 0. The number of para-hydroxylation sites is 1. The van der Waals surface area contributed by atoms with Crippen LogP contribution < -0.4 is 4.57 Å². The number of aryl methyl sites for hydroxylation is 1. The molecule has 2 heterocycles. The summed E-state index contributed by atoms with van der Waals surface area (Å²) in [4.78, 5) is 4.51. The summed E-state index contributed by atoms with van der Waals surface area (Å²) in [6, 6.07) is 10.5. The molecule has 3 rings (SSSR count). The molecule has 0 amide bonds. The van der Waals surface area contributed by atoms with Crippen LogP contribution in [0.2, 0.25) is 0 Å². The van der Waals surface area contributed by atoms with Gasteiger partial charge in [-0.1, -0.05) is 37.6 Å². The second kappa shape index (κ2) is 5.87. The van der Waals surface area contributed by atoms with Crippen molar-refractivity contribution in [3.8, 4) is 0 Å². The number of imidazole rings is 1. The molecule has 2 aromatic heterocycles. The molecule has 0 aliphatic carbocycles. The molecule has 20 heavy (non-hydrogen) atoms. The highest BCUT2D eigenvalue weighted by molar-refractivity contribution is 5.81. The lowest BCUT2D eigenvalue weighted by atomic mass is 10.1. The largest absolute Gasteiger partial charge is 0.256 e. The first-order chi connectivity index (χ1) is 9.86. The van der Waals surface area contributed by atoms with Gasteiger partial charge >= 0.3 is 0 Å². The Morgan fingerprint density at radius 3 is 3.00 bits per heavy atom. The van der Waals surface area contributed by atoms with Crippen LogP contribution in [0.1, 0.15) is 25.3 Å². The number of nitrogens with zero attached hydrogens (tertiary/aromatic N) is 3. The van der Waals surface area contributed by atoms with Crippen LogP contribution in [0.15, 0.2) is 55.2 Å². The van der Waals surface area contributed by atoms with Crippen molar-refractivity contribution < 1.29 is 4.57 Å². The zero-order chi connectivity index (χ0) is 13.8. The molecule has 0 radical (unpaired) electrons. The maximum Gasteiger partial charge on any atom is 0.244 e. The predicted octanol–water partition coefficient (Wildman–Crippen LogP) is 3.17. The predicted molar refractivity (Wildman–Crippen MR) is 80.4 cm³/mol. The molecule has 3 heteroatoms. The smallest absolute Gasteiger partial charge is 0.244 e. The highest BCUT2D eigenvalue weighted by Crippen LogP contribution is 2.15. The molecule has 0 bridgehead atoms. The maximum absolute atomic E-state index is 4.51. The zero-order valence-electron chi connectivity index (χ0n) is 11.9. The van der Waals surface area contributed by atoms with Crippen molar-refractivity contribution >= 4 is 10.9 Å². The number of hydrogen-bond acceptors (Lipinski definition) is 1. The standard InChI is InChI=1S/C17H20N3/c1-2-3-10-19-11-12-20(14-19)13-16-7-4-6-15-8-5-9-18-17(15)16/h4-9,11-12,14H,2-3,10,13H2,1H3/q+1. The van der Waals surface area contributed by atoms with Gasteiger partial charge in [-0.15, -0.1) is 0 Å². The molecular formula is C17H20N3+. The third-order valence-corrected chi connectivity index (χ3v) is 3.59. The summed E-state index contributed by atoms with van der Waals surface area (Å²) in [7, 11) is 0. The first kappa shape index (κ1) is 12.9. The first-order valence-electron chi connectivity index (χ1n) is 7.24. The molecule has 0 atom stereocenters. The van der Waals surface area contributed by atoms with E-state index in [1.165, 1.54) is 23.8 Å². The first-order valence-corrected chi connectivity index (χ1v) is 7.24. The lowest BCUT2D eigenvalue weighted by Gasteiger charge is -2.03. The Morgan fingerprint density at radius 1 is 1.20 bits per heavy atom. The van der Waals surface area contributed by atoms with Crippen LogP contribution >= 0.6 is 0 Å². The van der Waals surface area contributed by atoms with Crippen molar-refractivity contribution in [2.24, 2.45) is 0 Å². The van der Waals surface area contributed by atoms with Gasteiger partial charge in [-0.3, -0.25) is 4.98 Å². The van der Waals surface area contributed by atoms with Gasteiger partial charge < -0.3 is 0 Å². The lowest BCUT2D eigenvalue weighted by molar-refractivity contribution is -0.687. The highest BCUT2D eigenvalue weighted by atomic mass is 15.1. The van der Waals surface area contributed by atoms with Crippen molar-refractivity contribution in [3.63, 3.8) is 0 Å². The summed E-state index contributed by atoms with van der Waals surface area (Å²) in [5, 5.41) is 1.20. The molecule has 3 aromatic rings. The van der Waals surface area contributed by atoms with E-state index in [1.807, 2.05) is 12.3 Å². The van der Waals surface area contributed by atoms with E-state index in [4.69, 9.17) is 0 Å². The molecule has 0 saturated carbocycles. The summed E-state index contributed by atoms with van der Waals surface area (Å²) in [6.07, 6.45) is 10.8. The summed E-state index contributed by atoms with van der Waals surface area (Å²) in [5.41, 5.74) is 2.37. The molecule has 1 aromatic carbocycles. The van der Waals surface area contributed by atoms with Crippen LogP contribution in [0.5, 0.6) is 0 Å². The van der Waals surface area contributed by atoms with E-state index in [0.29, 0.717) is 0 Å². The van der Waals surface area contributed by atoms with Gasteiger partial charge in [0.2, 0.25) is 6.33 Å². The fourth-order valence-corrected chi connectivity index (χ4v) is 2.50. The third-order valence-electron chi connectivity index (χ3n) is 3.59. The third kappa shape index (κ3) is 2.72. The average molecular weight is 266 g/mol. The summed E-state index contributed by atoms with van der Waals surface area (Å²) < 4.78 is 4.47. The molecular weight excluding hydrogens is 246 g/mol. The van der Waals surface area contributed by atoms with Crippen LogP contribution in [0, 0.1) is 0 Å². The van der Waals surface area contributed by atoms with E-state index in [1.54, 1.807) is 0 Å². The van der Waals surface area contributed by atoms with Crippen LogP contribution in [-0.4, -0.2) is 9.55 Å². The molecule has 0 fully saturated rings. The van der Waals surface area contributed by atoms with Crippen LogP contribution in [0.3, 0.4) is 0 Å². The number of pyridine rings is 1. The zero-order valence-corrected chi connectivity index (χ0v) is 11.9. The van der Waals surface area contributed by atoms with Gasteiger partial charge in [0.15, 0.2) is 0 Å².